The molecule has 2 bridgehead atoms. The van der Waals surface area contributed by atoms with Crippen LogP contribution in [0, 0.1) is 0 Å². The van der Waals surface area contributed by atoms with Crippen molar-refractivity contribution < 1.29 is 18.9 Å². The summed E-state index contributed by atoms with van der Waals surface area (Å²) in [4.78, 5) is 0. The Hall–Kier alpha value is -0.160. The predicted octanol–water partition coefficient (Wildman–Crippen LogP) is 0.694. The van der Waals surface area contributed by atoms with Gasteiger partial charge < -0.3 is 18.9 Å². The first kappa shape index (κ1) is 9.09. The molecule has 0 spiro atoms. The van der Waals surface area contributed by atoms with Gasteiger partial charge in [-0.25, -0.2) is 0 Å². The highest BCUT2D eigenvalue weighted by Crippen LogP contribution is 2.38. The lowest BCUT2D eigenvalue weighted by molar-refractivity contribution is -0.211. The maximum Gasteiger partial charge on any atom is 0.163 e. The minimum atomic E-state index is -0.462. The summed E-state index contributed by atoms with van der Waals surface area (Å²) < 4.78 is 22.9. The SMILES string of the molecule is CC1(C)OC2CC3COCC(O3)C2O1. The van der Waals surface area contributed by atoms with E-state index >= 15 is 0 Å². The van der Waals surface area contributed by atoms with Crippen LogP contribution in [0.5, 0.6) is 0 Å². The first-order valence-corrected chi connectivity index (χ1v) is 5.23. The summed E-state index contributed by atoms with van der Waals surface area (Å²) in [6.45, 7) is 5.24. The van der Waals surface area contributed by atoms with Crippen molar-refractivity contribution in [2.45, 2.75) is 50.5 Å². The van der Waals surface area contributed by atoms with E-state index in [-0.39, 0.29) is 24.4 Å². The molecule has 3 heterocycles. The molecular formula is C10H16O4. The molecule has 0 amide bonds. The van der Waals surface area contributed by atoms with Crippen LogP contribution in [0.1, 0.15) is 20.3 Å². The quantitative estimate of drug-likeness (QED) is 0.576. The summed E-state index contributed by atoms with van der Waals surface area (Å²) >= 11 is 0. The second-order valence-corrected chi connectivity index (χ2v) is 4.71. The zero-order chi connectivity index (χ0) is 9.76. The minimum absolute atomic E-state index is 0.0570. The molecule has 3 aliphatic rings. The average Bonchev–Trinajstić information content (AvgIpc) is 2.41. The fraction of sp³-hybridized carbons (Fsp3) is 1.00. The molecule has 14 heavy (non-hydrogen) atoms. The molecule has 3 fully saturated rings. The average molecular weight is 200 g/mol. The Morgan fingerprint density at radius 1 is 1.07 bits per heavy atom. The molecule has 4 nitrogen and oxygen atoms in total. The number of hydrogen-bond donors (Lipinski definition) is 0. The molecule has 0 aromatic rings. The van der Waals surface area contributed by atoms with Gasteiger partial charge in [0.25, 0.3) is 0 Å². The van der Waals surface area contributed by atoms with Crippen LogP contribution in [-0.4, -0.2) is 43.4 Å². The zero-order valence-corrected chi connectivity index (χ0v) is 8.56. The van der Waals surface area contributed by atoms with Crippen LogP contribution in [0.3, 0.4) is 0 Å². The Kier molecular flexibility index (Phi) is 1.89. The van der Waals surface area contributed by atoms with E-state index in [0.717, 1.165) is 6.42 Å². The normalized spacial score (nSPS) is 50.1. The Morgan fingerprint density at radius 3 is 2.79 bits per heavy atom. The molecule has 0 radical (unpaired) electrons. The van der Waals surface area contributed by atoms with Crippen LogP contribution in [0.15, 0.2) is 0 Å². The fourth-order valence-electron chi connectivity index (χ4n) is 2.56. The smallest absolute Gasteiger partial charge is 0.163 e. The van der Waals surface area contributed by atoms with Gasteiger partial charge in [0.1, 0.15) is 12.2 Å². The lowest BCUT2D eigenvalue weighted by atomic mass is 9.97. The van der Waals surface area contributed by atoms with Crippen LogP contribution >= 0.6 is 0 Å². The van der Waals surface area contributed by atoms with Gasteiger partial charge >= 0.3 is 0 Å². The molecule has 3 rings (SSSR count). The number of hydrogen-bond acceptors (Lipinski definition) is 4. The molecule has 4 unspecified atom stereocenters. The van der Waals surface area contributed by atoms with Gasteiger partial charge in [-0.05, 0) is 13.8 Å². The summed E-state index contributed by atoms with van der Waals surface area (Å²) in [6, 6.07) is 0. The van der Waals surface area contributed by atoms with E-state index in [1.54, 1.807) is 0 Å². The molecule has 0 saturated carbocycles. The number of rotatable bonds is 0. The largest absolute Gasteiger partial charge is 0.376 e. The third kappa shape index (κ3) is 1.37. The van der Waals surface area contributed by atoms with Crippen molar-refractivity contribution in [3.8, 4) is 0 Å². The van der Waals surface area contributed by atoms with E-state index in [9.17, 15) is 0 Å². The van der Waals surface area contributed by atoms with Gasteiger partial charge in [0.05, 0.1) is 25.4 Å². The van der Waals surface area contributed by atoms with Crippen molar-refractivity contribution in [2.24, 2.45) is 0 Å². The van der Waals surface area contributed by atoms with Crippen molar-refractivity contribution in [2.75, 3.05) is 13.2 Å². The molecule has 0 aliphatic carbocycles. The summed E-state index contributed by atoms with van der Waals surface area (Å²) in [7, 11) is 0. The summed E-state index contributed by atoms with van der Waals surface area (Å²) in [5, 5.41) is 0. The van der Waals surface area contributed by atoms with Crippen molar-refractivity contribution >= 4 is 0 Å². The van der Waals surface area contributed by atoms with E-state index in [1.165, 1.54) is 0 Å². The van der Waals surface area contributed by atoms with Crippen LogP contribution < -0.4 is 0 Å². The molecule has 3 saturated heterocycles. The topological polar surface area (TPSA) is 36.9 Å². The molecule has 4 heteroatoms. The molecule has 0 aromatic heterocycles. The first-order valence-electron chi connectivity index (χ1n) is 5.23. The Morgan fingerprint density at radius 2 is 1.93 bits per heavy atom. The van der Waals surface area contributed by atoms with E-state index in [4.69, 9.17) is 18.9 Å². The fourth-order valence-corrected chi connectivity index (χ4v) is 2.56. The van der Waals surface area contributed by atoms with E-state index < -0.39 is 5.79 Å². The molecule has 3 aliphatic heterocycles. The number of fused-ring (bicyclic) bond motifs is 4. The molecule has 0 aromatic carbocycles. The maximum atomic E-state index is 5.83. The second-order valence-electron chi connectivity index (χ2n) is 4.71. The third-order valence-electron chi connectivity index (χ3n) is 3.04. The van der Waals surface area contributed by atoms with Gasteiger partial charge in [-0.15, -0.1) is 0 Å². The number of ether oxygens (including phenoxy) is 4. The lowest BCUT2D eigenvalue weighted by Crippen LogP contribution is -2.53. The summed E-state index contributed by atoms with van der Waals surface area (Å²) in [5.41, 5.74) is 0. The molecule has 0 N–H and O–H groups in total. The van der Waals surface area contributed by atoms with E-state index in [0.29, 0.717) is 13.2 Å². The van der Waals surface area contributed by atoms with Gasteiger partial charge in [-0.3, -0.25) is 0 Å². The lowest BCUT2D eigenvalue weighted by Gasteiger charge is -2.40. The zero-order valence-electron chi connectivity index (χ0n) is 8.56. The summed E-state index contributed by atoms with van der Waals surface area (Å²) in [6.07, 6.45) is 1.41. The predicted molar refractivity (Wildman–Crippen MR) is 47.9 cm³/mol. The first-order chi connectivity index (χ1) is 6.64. The second kappa shape index (κ2) is 2.92. The monoisotopic (exact) mass is 200 g/mol. The molecule has 80 valence electrons. The van der Waals surface area contributed by atoms with Gasteiger partial charge in [0, 0.05) is 6.42 Å². The summed E-state index contributed by atoms with van der Waals surface area (Å²) in [5.74, 6) is -0.462. The highest BCUT2D eigenvalue weighted by molar-refractivity contribution is 4.94. The Bertz CT molecular complexity index is 240. The van der Waals surface area contributed by atoms with Crippen molar-refractivity contribution in [3.05, 3.63) is 0 Å². The Balaban J connectivity index is 1.81. The van der Waals surface area contributed by atoms with Gasteiger partial charge in [-0.2, -0.15) is 0 Å². The van der Waals surface area contributed by atoms with Crippen LogP contribution in [0.4, 0.5) is 0 Å². The van der Waals surface area contributed by atoms with Gasteiger partial charge in [0.2, 0.25) is 0 Å². The van der Waals surface area contributed by atoms with Crippen LogP contribution in [0.25, 0.3) is 0 Å². The van der Waals surface area contributed by atoms with Crippen molar-refractivity contribution in [1.29, 1.82) is 0 Å². The third-order valence-corrected chi connectivity index (χ3v) is 3.04. The van der Waals surface area contributed by atoms with Crippen LogP contribution in [-0.2, 0) is 18.9 Å². The van der Waals surface area contributed by atoms with E-state index in [1.807, 2.05) is 13.8 Å². The Labute approximate surface area is 83.5 Å². The molecular weight excluding hydrogens is 184 g/mol. The minimum Gasteiger partial charge on any atom is -0.376 e. The van der Waals surface area contributed by atoms with Crippen molar-refractivity contribution in [1.82, 2.24) is 0 Å². The van der Waals surface area contributed by atoms with Gasteiger partial charge in [-0.1, -0.05) is 0 Å². The van der Waals surface area contributed by atoms with Crippen molar-refractivity contribution in [3.63, 3.8) is 0 Å². The molecule has 4 atom stereocenters. The van der Waals surface area contributed by atoms with Gasteiger partial charge in [0.15, 0.2) is 5.79 Å². The highest BCUT2D eigenvalue weighted by Gasteiger charge is 2.51. The van der Waals surface area contributed by atoms with E-state index in [2.05, 4.69) is 0 Å². The highest BCUT2D eigenvalue weighted by atomic mass is 16.8. The maximum absolute atomic E-state index is 5.83. The van der Waals surface area contributed by atoms with Crippen LogP contribution in [0.2, 0.25) is 0 Å². The standard InChI is InChI=1S/C10H16O4/c1-10(2)13-7-3-6-4-11-5-8(12-6)9(7)14-10/h6-9H,3-5H2,1-2H3.